The van der Waals surface area contributed by atoms with E-state index < -0.39 is 17.0 Å². The van der Waals surface area contributed by atoms with E-state index in [-0.39, 0.29) is 5.69 Å². The van der Waals surface area contributed by atoms with Crippen LogP contribution in [0.5, 0.6) is 0 Å². The Bertz CT molecular complexity index is 1470. The number of hydrogen-bond donors (Lipinski definition) is 4. The SMILES string of the molecule is O=C(Nc1ccc([N+](=O)[O-])cc1)N[C@H](Cc1c[nH]c2ccccc12)c1nc(-c2ccccc2)c[nH]1. The third kappa shape index (κ3) is 4.88. The van der Waals surface area contributed by atoms with Crippen molar-refractivity contribution in [2.24, 2.45) is 0 Å². The Morgan fingerprint density at radius 2 is 1.69 bits per heavy atom. The summed E-state index contributed by atoms with van der Waals surface area (Å²) in [5.41, 5.74) is 4.21. The normalized spacial score (nSPS) is 11.8. The van der Waals surface area contributed by atoms with Gasteiger partial charge in [-0.2, -0.15) is 0 Å². The standard InChI is InChI=1S/C26H22N6O3/c33-26(29-19-10-12-20(13-11-19)32(34)35)31-23(14-18-15-27-22-9-5-4-8-21(18)22)25-28-16-24(30-25)17-6-2-1-3-7-17/h1-13,15-16,23,27H,14H2,(H,28,30)(H2,29,31,33)/t23-/m1/s1. The maximum Gasteiger partial charge on any atom is 0.319 e. The summed E-state index contributed by atoms with van der Waals surface area (Å²) in [5, 5.41) is 17.7. The van der Waals surface area contributed by atoms with Gasteiger partial charge in [0.25, 0.3) is 5.69 Å². The minimum Gasteiger partial charge on any atom is -0.361 e. The topological polar surface area (TPSA) is 129 Å². The fourth-order valence-electron chi connectivity index (χ4n) is 4.00. The molecule has 35 heavy (non-hydrogen) atoms. The number of nitro groups is 1. The summed E-state index contributed by atoms with van der Waals surface area (Å²) in [6, 6.07) is 22.6. The molecule has 2 heterocycles. The van der Waals surface area contributed by atoms with E-state index in [1.165, 1.54) is 24.3 Å². The van der Waals surface area contributed by atoms with Gasteiger partial charge < -0.3 is 20.6 Å². The number of nitro benzene ring substituents is 1. The van der Waals surface area contributed by atoms with Gasteiger partial charge in [-0.15, -0.1) is 0 Å². The zero-order valence-corrected chi connectivity index (χ0v) is 18.6. The third-order valence-corrected chi connectivity index (χ3v) is 5.74. The molecule has 0 spiro atoms. The third-order valence-electron chi connectivity index (χ3n) is 5.74. The molecule has 4 N–H and O–H groups in total. The van der Waals surface area contributed by atoms with Gasteiger partial charge in [0.1, 0.15) is 5.82 Å². The van der Waals surface area contributed by atoms with Crippen LogP contribution in [0.15, 0.2) is 91.3 Å². The van der Waals surface area contributed by atoms with Crippen LogP contribution in [0.2, 0.25) is 0 Å². The Labute approximate surface area is 200 Å². The lowest BCUT2D eigenvalue weighted by Gasteiger charge is -2.17. The van der Waals surface area contributed by atoms with E-state index in [9.17, 15) is 14.9 Å². The highest BCUT2D eigenvalue weighted by Crippen LogP contribution is 2.25. The summed E-state index contributed by atoms with van der Waals surface area (Å²) < 4.78 is 0. The molecule has 9 heteroatoms. The number of anilines is 1. The number of nitrogens with zero attached hydrogens (tertiary/aromatic N) is 2. The second-order valence-corrected chi connectivity index (χ2v) is 8.06. The van der Waals surface area contributed by atoms with Gasteiger partial charge in [-0.1, -0.05) is 48.5 Å². The van der Waals surface area contributed by atoms with E-state index in [0.717, 1.165) is 27.7 Å². The van der Waals surface area contributed by atoms with Crippen molar-refractivity contribution in [1.29, 1.82) is 0 Å². The summed E-state index contributed by atoms with van der Waals surface area (Å²) in [5.74, 6) is 0.619. The number of H-pyrrole nitrogens is 2. The highest BCUT2D eigenvalue weighted by molar-refractivity contribution is 5.90. The molecule has 3 aromatic carbocycles. The first kappa shape index (κ1) is 21.9. The lowest BCUT2D eigenvalue weighted by atomic mass is 10.0. The summed E-state index contributed by atoms with van der Waals surface area (Å²) >= 11 is 0. The van der Waals surface area contributed by atoms with Crippen molar-refractivity contribution in [3.63, 3.8) is 0 Å². The van der Waals surface area contributed by atoms with Crippen molar-refractivity contribution in [3.8, 4) is 11.3 Å². The van der Waals surface area contributed by atoms with E-state index in [1.807, 2.05) is 67.0 Å². The minimum absolute atomic E-state index is 0.0443. The molecule has 2 aromatic heterocycles. The number of rotatable bonds is 7. The van der Waals surface area contributed by atoms with E-state index >= 15 is 0 Å². The number of urea groups is 1. The quantitative estimate of drug-likeness (QED) is 0.184. The summed E-state index contributed by atoms with van der Waals surface area (Å²) in [6.45, 7) is 0. The Hall–Kier alpha value is -4.92. The molecule has 0 radical (unpaired) electrons. The van der Waals surface area contributed by atoms with Crippen LogP contribution in [0, 0.1) is 10.1 Å². The number of non-ortho nitro benzene ring substituents is 1. The van der Waals surface area contributed by atoms with Crippen LogP contribution in [0.25, 0.3) is 22.2 Å². The van der Waals surface area contributed by atoms with E-state index in [0.29, 0.717) is 17.9 Å². The average Bonchev–Trinajstić information content (AvgIpc) is 3.52. The Balaban J connectivity index is 1.40. The van der Waals surface area contributed by atoms with E-state index in [4.69, 9.17) is 4.98 Å². The largest absolute Gasteiger partial charge is 0.361 e. The number of benzene rings is 3. The Kier molecular flexibility index (Phi) is 5.96. The van der Waals surface area contributed by atoms with Gasteiger partial charge in [0, 0.05) is 53.1 Å². The molecule has 0 unspecified atom stereocenters. The van der Waals surface area contributed by atoms with Gasteiger partial charge in [-0.3, -0.25) is 10.1 Å². The van der Waals surface area contributed by atoms with Gasteiger partial charge in [-0.05, 0) is 23.8 Å². The smallest absolute Gasteiger partial charge is 0.319 e. The second-order valence-electron chi connectivity index (χ2n) is 8.06. The van der Waals surface area contributed by atoms with Crippen LogP contribution in [0.4, 0.5) is 16.2 Å². The molecule has 0 saturated carbocycles. The number of imidazole rings is 1. The lowest BCUT2D eigenvalue weighted by molar-refractivity contribution is -0.384. The Morgan fingerprint density at radius 1 is 0.943 bits per heavy atom. The predicted molar refractivity (Wildman–Crippen MR) is 134 cm³/mol. The maximum absolute atomic E-state index is 12.9. The molecule has 0 saturated heterocycles. The minimum atomic E-state index is -0.484. The number of fused-ring (bicyclic) bond motifs is 1. The number of hydrogen-bond acceptors (Lipinski definition) is 4. The lowest BCUT2D eigenvalue weighted by Crippen LogP contribution is -2.34. The zero-order chi connectivity index (χ0) is 24.2. The highest BCUT2D eigenvalue weighted by atomic mass is 16.6. The van der Waals surface area contributed by atoms with Gasteiger partial charge in [0.15, 0.2) is 0 Å². The predicted octanol–water partition coefficient (Wildman–Crippen LogP) is 5.57. The molecule has 0 aliphatic heterocycles. The van der Waals surface area contributed by atoms with Crippen molar-refractivity contribution >= 4 is 28.3 Å². The summed E-state index contributed by atoms with van der Waals surface area (Å²) in [4.78, 5) is 34.5. The molecule has 0 bridgehead atoms. The second kappa shape index (κ2) is 9.52. The fraction of sp³-hybridized carbons (Fsp3) is 0.0769. The molecule has 0 aliphatic rings. The van der Waals surface area contributed by atoms with Gasteiger partial charge in [0.2, 0.25) is 0 Å². The first-order valence-corrected chi connectivity index (χ1v) is 11.0. The van der Waals surface area contributed by atoms with Crippen LogP contribution in [0.1, 0.15) is 17.4 Å². The monoisotopic (exact) mass is 466 g/mol. The fourth-order valence-corrected chi connectivity index (χ4v) is 4.00. The molecule has 0 fully saturated rings. The number of amides is 2. The molecule has 174 valence electrons. The van der Waals surface area contributed by atoms with Crippen molar-refractivity contribution in [2.45, 2.75) is 12.5 Å². The van der Waals surface area contributed by atoms with Crippen molar-refractivity contribution in [2.75, 3.05) is 5.32 Å². The number of para-hydroxylation sites is 1. The molecule has 5 aromatic rings. The molecule has 2 amide bonds. The number of nitrogens with one attached hydrogen (secondary N) is 4. The Morgan fingerprint density at radius 3 is 2.46 bits per heavy atom. The molecule has 0 aliphatic carbocycles. The van der Waals surface area contributed by atoms with Gasteiger partial charge in [0.05, 0.1) is 16.7 Å². The van der Waals surface area contributed by atoms with Crippen LogP contribution in [0.3, 0.4) is 0 Å². The van der Waals surface area contributed by atoms with Gasteiger partial charge in [-0.25, -0.2) is 9.78 Å². The number of carbonyl (C=O) groups excluding carboxylic acids is 1. The molecular weight excluding hydrogens is 444 g/mol. The highest BCUT2D eigenvalue weighted by Gasteiger charge is 2.21. The maximum atomic E-state index is 12.9. The average molecular weight is 467 g/mol. The summed E-state index contributed by atoms with van der Waals surface area (Å²) in [7, 11) is 0. The van der Waals surface area contributed by atoms with Crippen molar-refractivity contribution in [3.05, 3.63) is 113 Å². The summed E-state index contributed by atoms with van der Waals surface area (Å²) in [6.07, 6.45) is 4.26. The van der Waals surface area contributed by atoms with Crippen molar-refractivity contribution in [1.82, 2.24) is 20.3 Å². The molecule has 5 rings (SSSR count). The van der Waals surface area contributed by atoms with Crippen LogP contribution in [-0.4, -0.2) is 25.9 Å². The first-order chi connectivity index (χ1) is 17.1. The van der Waals surface area contributed by atoms with Crippen LogP contribution >= 0.6 is 0 Å². The van der Waals surface area contributed by atoms with E-state index in [2.05, 4.69) is 20.6 Å². The van der Waals surface area contributed by atoms with Crippen molar-refractivity contribution < 1.29 is 9.72 Å². The number of carbonyl (C=O) groups is 1. The first-order valence-electron chi connectivity index (χ1n) is 11.0. The molecular formula is C26H22N6O3. The molecule has 1 atom stereocenters. The van der Waals surface area contributed by atoms with Crippen LogP contribution < -0.4 is 10.6 Å². The zero-order valence-electron chi connectivity index (χ0n) is 18.6. The number of aromatic nitrogens is 3. The van der Waals surface area contributed by atoms with E-state index in [1.54, 1.807) is 0 Å². The molecule has 9 nitrogen and oxygen atoms in total. The number of aromatic amines is 2. The van der Waals surface area contributed by atoms with Crippen LogP contribution in [-0.2, 0) is 6.42 Å². The van der Waals surface area contributed by atoms with Gasteiger partial charge >= 0.3 is 6.03 Å².